The molecule has 0 aliphatic heterocycles. The number of amides is 1. The van der Waals surface area contributed by atoms with E-state index in [1.165, 1.54) is 21.6 Å². The van der Waals surface area contributed by atoms with Crippen molar-refractivity contribution in [3.8, 4) is 5.75 Å². The number of nitrogens with zero attached hydrogens (tertiary/aromatic N) is 2. The number of carbonyl (C=O) groups excluding carboxylic acids is 1. The van der Waals surface area contributed by atoms with Gasteiger partial charge in [0.2, 0.25) is 0 Å². The van der Waals surface area contributed by atoms with Crippen LogP contribution < -0.4 is 10.1 Å². The quantitative estimate of drug-likeness (QED) is 0.125. The Morgan fingerprint density at radius 3 is 2.23 bits per heavy atom. The zero-order chi connectivity index (χ0) is 30.4. The highest BCUT2D eigenvalue weighted by atomic mass is 32.2. The third-order valence-electron chi connectivity index (χ3n) is 7.45. The summed E-state index contributed by atoms with van der Waals surface area (Å²) in [5.41, 5.74) is 6.50. The fourth-order valence-corrected chi connectivity index (χ4v) is 5.93. The standard InChI is InChI=1S/C38H39N3O2S/c1-43-36-10-7-8-33(26-36)29-41(24-25-44-37-11-3-2-4-12-37)28-32-15-13-31(14-16-32)27-40-38(42)34-20-17-30(18-21-34)19-22-35-9-5-6-23-39-35/h2-18,20-21,23,26H,19,22,24-25,27-29H2,1H3,(H,40,42). The van der Waals surface area contributed by atoms with E-state index in [-0.39, 0.29) is 5.91 Å². The van der Waals surface area contributed by atoms with Crippen molar-refractivity contribution >= 4 is 17.7 Å². The Balaban J connectivity index is 1.13. The van der Waals surface area contributed by atoms with Crippen molar-refractivity contribution in [2.75, 3.05) is 19.4 Å². The van der Waals surface area contributed by atoms with Gasteiger partial charge in [0.05, 0.1) is 7.11 Å². The molecular formula is C38H39N3O2S. The molecule has 0 aliphatic rings. The number of rotatable bonds is 15. The van der Waals surface area contributed by atoms with Crippen LogP contribution in [0.25, 0.3) is 0 Å². The van der Waals surface area contributed by atoms with Gasteiger partial charge in [-0.3, -0.25) is 14.7 Å². The zero-order valence-corrected chi connectivity index (χ0v) is 26.0. The summed E-state index contributed by atoms with van der Waals surface area (Å²) in [5.74, 6) is 1.82. The van der Waals surface area contributed by atoms with E-state index in [0.717, 1.165) is 55.2 Å². The SMILES string of the molecule is COc1cccc(CN(CCSc2ccccc2)Cc2ccc(CNC(=O)c3ccc(CCc4ccccn4)cc3)cc2)c1. The topological polar surface area (TPSA) is 54.5 Å². The molecule has 1 amide bonds. The molecule has 224 valence electrons. The smallest absolute Gasteiger partial charge is 0.251 e. The Labute approximate surface area is 265 Å². The van der Waals surface area contributed by atoms with Crippen molar-refractivity contribution in [3.05, 3.63) is 161 Å². The molecule has 0 fully saturated rings. The number of aryl methyl sites for hydroxylation is 2. The maximum Gasteiger partial charge on any atom is 0.251 e. The van der Waals surface area contributed by atoms with Gasteiger partial charge >= 0.3 is 0 Å². The van der Waals surface area contributed by atoms with Crippen molar-refractivity contribution < 1.29 is 9.53 Å². The zero-order valence-electron chi connectivity index (χ0n) is 25.2. The van der Waals surface area contributed by atoms with Gasteiger partial charge in [-0.25, -0.2) is 0 Å². The number of aromatic nitrogens is 1. The maximum absolute atomic E-state index is 12.8. The maximum atomic E-state index is 12.8. The summed E-state index contributed by atoms with van der Waals surface area (Å²) < 4.78 is 5.45. The number of pyridine rings is 1. The van der Waals surface area contributed by atoms with Crippen LogP contribution in [0.1, 0.15) is 38.3 Å². The van der Waals surface area contributed by atoms with E-state index >= 15 is 0 Å². The predicted molar refractivity (Wildman–Crippen MR) is 180 cm³/mol. The van der Waals surface area contributed by atoms with Gasteiger partial charge in [0.25, 0.3) is 5.91 Å². The second-order valence-corrected chi connectivity index (χ2v) is 11.9. The first-order chi connectivity index (χ1) is 21.6. The van der Waals surface area contributed by atoms with Crippen LogP contribution in [-0.2, 0) is 32.5 Å². The molecule has 44 heavy (non-hydrogen) atoms. The highest BCUT2D eigenvalue weighted by Gasteiger charge is 2.10. The lowest BCUT2D eigenvalue weighted by Crippen LogP contribution is -2.25. The summed E-state index contributed by atoms with van der Waals surface area (Å²) in [6.07, 6.45) is 3.60. The fraction of sp³-hybridized carbons (Fsp3) is 0.211. The highest BCUT2D eigenvalue weighted by molar-refractivity contribution is 7.99. The first kappa shape index (κ1) is 31.0. The van der Waals surface area contributed by atoms with Gasteiger partial charge in [-0.1, -0.05) is 72.8 Å². The Kier molecular flexibility index (Phi) is 11.6. The van der Waals surface area contributed by atoms with Crippen molar-refractivity contribution in [3.63, 3.8) is 0 Å². The lowest BCUT2D eigenvalue weighted by atomic mass is 10.1. The predicted octanol–water partition coefficient (Wildman–Crippen LogP) is 7.60. The molecule has 0 saturated heterocycles. The number of methoxy groups -OCH3 is 1. The molecule has 0 aliphatic carbocycles. The minimum Gasteiger partial charge on any atom is -0.497 e. The molecule has 0 radical (unpaired) electrons. The van der Waals surface area contributed by atoms with Gasteiger partial charge in [-0.05, 0) is 83.6 Å². The Morgan fingerprint density at radius 2 is 1.48 bits per heavy atom. The summed E-state index contributed by atoms with van der Waals surface area (Å²) in [5, 5.41) is 3.07. The summed E-state index contributed by atoms with van der Waals surface area (Å²) in [4.78, 5) is 21.0. The molecular weight excluding hydrogens is 563 g/mol. The third-order valence-corrected chi connectivity index (χ3v) is 8.45. The molecule has 4 aromatic carbocycles. The van der Waals surface area contributed by atoms with E-state index in [2.05, 4.69) is 81.9 Å². The normalized spacial score (nSPS) is 11.0. The Bertz CT molecular complexity index is 1580. The number of hydrogen-bond acceptors (Lipinski definition) is 5. The molecule has 1 heterocycles. The van der Waals surface area contributed by atoms with Crippen LogP contribution in [0.15, 0.2) is 132 Å². The number of thioether (sulfide) groups is 1. The van der Waals surface area contributed by atoms with Crippen LogP contribution in [0.3, 0.4) is 0 Å². The summed E-state index contributed by atoms with van der Waals surface area (Å²) in [6, 6.07) is 41.2. The Hall–Kier alpha value is -4.39. The first-order valence-corrected chi connectivity index (χ1v) is 16.0. The van der Waals surface area contributed by atoms with E-state index in [4.69, 9.17) is 4.74 Å². The number of carbonyl (C=O) groups is 1. The van der Waals surface area contributed by atoms with Gasteiger partial charge in [0.1, 0.15) is 5.75 Å². The first-order valence-electron chi connectivity index (χ1n) is 15.0. The third kappa shape index (κ3) is 9.83. The van der Waals surface area contributed by atoms with Crippen molar-refractivity contribution in [2.45, 2.75) is 37.4 Å². The van der Waals surface area contributed by atoms with E-state index < -0.39 is 0 Å². The average molecular weight is 602 g/mol. The molecule has 5 aromatic rings. The molecule has 5 rings (SSSR count). The van der Waals surface area contributed by atoms with E-state index in [9.17, 15) is 4.79 Å². The Morgan fingerprint density at radius 1 is 0.750 bits per heavy atom. The van der Waals surface area contributed by atoms with Crippen molar-refractivity contribution in [2.24, 2.45) is 0 Å². The largest absolute Gasteiger partial charge is 0.497 e. The molecule has 5 nitrogen and oxygen atoms in total. The fourth-order valence-electron chi connectivity index (χ4n) is 5.00. The summed E-state index contributed by atoms with van der Waals surface area (Å²) >= 11 is 1.88. The number of nitrogens with one attached hydrogen (secondary N) is 1. The summed E-state index contributed by atoms with van der Waals surface area (Å²) in [6.45, 7) is 3.12. The number of hydrogen-bond donors (Lipinski definition) is 1. The molecule has 0 saturated carbocycles. The molecule has 0 unspecified atom stereocenters. The van der Waals surface area contributed by atoms with Crippen LogP contribution in [0.5, 0.6) is 5.75 Å². The average Bonchev–Trinajstić information content (AvgIpc) is 3.08. The van der Waals surface area contributed by atoms with E-state index in [0.29, 0.717) is 12.1 Å². The van der Waals surface area contributed by atoms with Crippen LogP contribution in [-0.4, -0.2) is 35.2 Å². The molecule has 0 bridgehead atoms. The van der Waals surface area contributed by atoms with Crippen molar-refractivity contribution in [1.82, 2.24) is 15.2 Å². The second kappa shape index (κ2) is 16.5. The number of ether oxygens (including phenoxy) is 1. The number of benzene rings is 4. The van der Waals surface area contributed by atoms with Crippen LogP contribution in [0, 0.1) is 0 Å². The van der Waals surface area contributed by atoms with Gasteiger partial charge in [-0.15, -0.1) is 11.8 Å². The lowest BCUT2D eigenvalue weighted by Gasteiger charge is -2.23. The molecule has 0 atom stereocenters. The van der Waals surface area contributed by atoms with Crippen LogP contribution >= 0.6 is 11.8 Å². The van der Waals surface area contributed by atoms with Gasteiger partial charge in [-0.2, -0.15) is 0 Å². The van der Waals surface area contributed by atoms with Crippen molar-refractivity contribution in [1.29, 1.82) is 0 Å². The minimum atomic E-state index is -0.0641. The van der Waals surface area contributed by atoms with E-state index in [1.807, 2.05) is 72.6 Å². The lowest BCUT2D eigenvalue weighted by molar-refractivity contribution is 0.0951. The van der Waals surface area contributed by atoms with Gasteiger partial charge < -0.3 is 10.1 Å². The minimum absolute atomic E-state index is 0.0641. The monoisotopic (exact) mass is 601 g/mol. The molecule has 1 aromatic heterocycles. The van der Waals surface area contributed by atoms with Gasteiger partial charge in [0.15, 0.2) is 0 Å². The van der Waals surface area contributed by atoms with Crippen LogP contribution in [0.2, 0.25) is 0 Å². The molecule has 6 heteroatoms. The molecule has 0 spiro atoms. The second-order valence-electron chi connectivity index (χ2n) is 10.7. The van der Waals surface area contributed by atoms with Crippen LogP contribution in [0.4, 0.5) is 0 Å². The summed E-state index contributed by atoms with van der Waals surface area (Å²) in [7, 11) is 1.71. The van der Waals surface area contributed by atoms with E-state index in [1.54, 1.807) is 7.11 Å². The van der Waals surface area contributed by atoms with Gasteiger partial charge in [0, 0.05) is 54.3 Å². The molecule has 1 N–H and O–H groups in total. The highest BCUT2D eigenvalue weighted by Crippen LogP contribution is 2.20.